The molecule has 0 fully saturated rings. The molecule has 4 nitrogen and oxygen atoms in total. The summed E-state index contributed by atoms with van der Waals surface area (Å²) in [5.74, 6) is 0. The van der Waals surface area contributed by atoms with Gasteiger partial charge in [-0.25, -0.2) is 4.57 Å². The Kier molecular flexibility index (Phi) is 26.5. The SMILES string of the molecule is O=P(O)(O)O.[AlH3].[Ca+2].[Cr].[H-].[H-]. The predicted octanol–water partition coefficient (Wildman–Crippen LogP) is -2.27. The van der Waals surface area contributed by atoms with Crippen LogP contribution in [-0.4, -0.2) is 69.8 Å². The molecule has 0 unspecified atom stereocenters. The fraction of sp³-hybridized carbons (Fsp3) is 0. The van der Waals surface area contributed by atoms with E-state index < -0.39 is 7.82 Å². The third-order valence-electron chi connectivity index (χ3n) is 0. The molecule has 0 saturated heterocycles. The quantitative estimate of drug-likeness (QED) is 0.319. The number of phosphoric acid groups is 1. The first-order valence-electron chi connectivity index (χ1n) is 0.783. The summed E-state index contributed by atoms with van der Waals surface area (Å²) in [5.41, 5.74) is 0. The maximum atomic E-state index is 8.88. The van der Waals surface area contributed by atoms with Crippen LogP contribution in [0, 0.1) is 0 Å². The van der Waals surface area contributed by atoms with E-state index >= 15 is 0 Å². The zero-order chi connectivity index (χ0) is 4.50. The van der Waals surface area contributed by atoms with Crippen LogP contribution < -0.4 is 0 Å². The monoisotopic (exact) mass is 222 g/mol. The number of rotatable bonds is 0. The molecule has 0 aromatic carbocycles. The molecule has 0 aliphatic rings. The van der Waals surface area contributed by atoms with Crippen molar-refractivity contribution in [3.8, 4) is 0 Å². The van der Waals surface area contributed by atoms with Crippen molar-refractivity contribution in [2.24, 2.45) is 0 Å². The zero-order valence-electron chi connectivity index (χ0n) is 5.31. The van der Waals surface area contributed by atoms with Crippen molar-refractivity contribution in [3.05, 3.63) is 0 Å². The molecule has 0 spiro atoms. The largest absolute Gasteiger partial charge is 2.00 e. The van der Waals surface area contributed by atoms with E-state index in [0.29, 0.717) is 0 Å². The smallest absolute Gasteiger partial charge is 1.00 e. The summed E-state index contributed by atoms with van der Waals surface area (Å²) in [5, 5.41) is 0. The molecule has 8 heteroatoms. The first-order chi connectivity index (χ1) is 2.00. The Morgan fingerprint density at radius 2 is 1.25 bits per heavy atom. The van der Waals surface area contributed by atoms with Gasteiger partial charge in [0.1, 0.15) is 0 Å². The third-order valence-corrected chi connectivity index (χ3v) is 0. The summed E-state index contributed by atoms with van der Waals surface area (Å²) in [6, 6.07) is 0. The summed E-state index contributed by atoms with van der Waals surface area (Å²) in [6.45, 7) is 0. The van der Waals surface area contributed by atoms with Gasteiger partial charge in [-0.1, -0.05) is 0 Å². The van der Waals surface area contributed by atoms with E-state index in [1.54, 1.807) is 0 Å². The molecule has 0 atom stereocenters. The second-order valence-electron chi connectivity index (χ2n) is 0.513. The Labute approximate surface area is 101 Å². The van der Waals surface area contributed by atoms with Crippen molar-refractivity contribution in [1.29, 1.82) is 0 Å². The van der Waals surface area contributed by atoms with Gasteiger partial charge in [0.2, 0.25) is 0 Å². The van der Waals surface area contributed by atoms with Crippen LogP contribution in [0.25, 0.3) is 0 Å². The van der Waals surface area contributed by atoms with Gasteiger partial charge in [-0.3, -0.25) is 0 Å². The fourth-order valence-corrected chi connectivity index (χ4v) is 0. The average molecular weight is 222 g/mol. The summed E-state index contributed by atoms with van der Waals surface area (Å²) < 4.78 is 8.88. The van der Waals surface area contributed by atoms with Crippen LogP contribution in [0.4, 0.5) is 0 Å². The normalized spacial score (nSPS) is 7.38. The number of hydrogen-bond donors (Lipinski definition) is 3. The van der Waals surface area contributed by atoms with E-state index in [2.05, 4.69) is 0 Å². The second kappa shape index (κ2) is 9.43. The van der Waals surface area contributed by atoms with Crippen molar-refractivity contribution >= 4 is 62.9 Å². The summed E-state index contributed by atoms with van der Waals surface area (Å²) >= 11 is 0. The fourth-order valence-electron chi connectivity index (χ4n) is 0. The Hall–Kier alpha value is 2.43. The number of hydrogen-bond acceptors (Lipinski definition) is 1. The van der Waals surface area contributed by atoms with Crippen LogP contribution in [0.1, 0.15) is 2.85 Å². The van der Waals surface area contributed by atoms with E-state index in [9.17, 15) is 0 Å². The van der Waals surface area contributed by atoms with Crippen LogP contribution in [0.2, 0.25) is 0 Å². The van der Waals surface area contributed by atoms with Gasteiger partial charge in [0.25, 0.3) is 0 Å². The van der Waals surface area contributed by atoms with Gasteiger partial charge in [0, 0.05) is 17.4 Å². The van der Waals surface area contributed by atoms with E-state index in [1.807, 2.05) is 0 Å². The van der Waals surface area contributed by atoms with Crippen molar-refractivity contribution < 1.29 is 39.5 Å². The molecule has 0 aromatic rings. The van der Waals surface area contributed by atoms with Crippen LogP contribution >= 0.6 is 7.82 Å². The van der Waals surface area contributed by atoms with E-state index in [-0.39, 0.29) is 75.3 Å². The molecular weight excluding hydrogens is 214 g/mol. The van der Waals surface area contributed by atoms with Gasteiger partial charge in [-0.2, -0.15) is 0 Å². The molecule has 8 heavy (non-hydrogen) atoms. The minimum absolute atomic E-state index is 0. The van der Waals surface area contributed by atoms with Crippen LogP contribution in [0.15, 0.2) is 0 Å². The standard InChI is InChI=1S/Al.Ca.Cr.H3O4P.5H/c;;;1-5(2,3)4;;;;;/h;;;(H3,1,2,3,4);;;;;/q;+2;;;;;;2*-1. The first kappa shape index (κ1) is 22.4. The molecule has 0 radical (unpaired) electrons. The summed E-state index contributed by atoms with van der Waals surface area (Å²) in [7, 11) is -4.64. The first-order valence-corrected chi connectivity index (χ1v) is 2.35. The van der Waals surface area contributed by atoms with Gasteiger partial charge in [0.15, 0.2) is 17.4 Å². The van der Waals surface area contributed by atoms with Gasteiger partial charge < -0.3 is 17.5 Å². The van der Waals surface area contributed by atoms with Crippen LogP contribution in [0.5, 0.6) is 0 Å². The average Bonchev–Trinajstić information content (AvgIpc) is 0.722. The minimum Gasteiger partial charge on any atom is -1.00 e. The molecule has 0 aromatic heterocycles. The van der Waals surface area contributed by atoms with E-state index in [4.69, 9.17) is 19.2 Å². The van der Waals surface area contributed by atoms with Crippen molar-refractivity contribution in [2.45, 2.75) is 0 Å². The Morgan fingerprint density at radius 3 is 1.25 bits per heavy atom. The molecule has 0 heterocycles. The zero-order valence-corrected chi connectivity index (χ0v) is 7.69. The molecule has 0 aliphatic heterocycles. The molecule has 3 N–H and O–H groups in total. The van der Waals surface area contributed by atoms with Crippen LogP contribution in [0.3, 0.4) is 0 Å². The molecule has 0 amide bonds. The topological polar surface area (TPSA) is 77.8 Å². The van der Waals surface area contributed by atoms with Gasteiger partial charge in [0.05, 0.1) is 0 Å². The molecule has 0 aliphatic carbocycles. The minimum atomic E-state index is -4.64. The van der Waals surface area contributed by atoms with Gasteiger partial charge >= 0.3 is 45.6 Å². The van der Waals surface area contributed by atoms with E-state index in [0.717, 1.165) is 0 Å². The van der Waals surface area contributed by atoms with Crippen molar-refractivity contribution in [3.63, 3.8) is 0 Å². The Bertz CT molecular complexity index is 69.4. The van der Waals surface area contributed by atoms with Gasteiger partial charge in [-0.05, 0) is 0 Å². The molecule has 0 rings (SSSR count). The summed E-state index contributed by atoms with van der Waals surface area (Å²) in [4.78, 5) is 21.6. The maximum absolute atomic E-state index is 8.88. The van der Waals surface area contributed by atoms with Crippen LogP contribution in [-0.2, 0) is 21.9 Å². The molecular formula is H8AlCaCrO4P. The van der Waals surface area contributed by atoms with Gasteiger partial charge in [-0.15, -0.1) is 0 Å². The Morgan fingerprint density at radius 1 is 1.25 bits per heavy atom. The Balaban J connectivity index is -0.00000000800. The van der Waals surface area contributed by atoms with E-state index in [1.165, 1.54) is 0 Å². The molecule has 0 saturated carbocycles. The second-order valence-corrected chi connectivity index (χ2v) is 1.54. The molecule has 0 bridgehead atoms. The third kappa shape index (κ3) is 78.7. The maximum Gasteiger partial charge on any atom is 2.00 e. The van der Waals surface area contributed by atoms with Crippen molar-refractivity contribution in [2.75, 3.05) is 0 Å². The summed E-state index contributed by atoms with van der Waals surface area (Å²) in [6.07, 6.45) is 0. The predicted molar refractivity (Wildman–Crippen MR) is 32.2 cm³/mol. The van der Waals surface area contributed by atoms with Crippen molar-refractivity contribution in [1.82, 2.24) is 0 Å². The molecule has 48 valence electrons.